The van der Waals surface area contributed by atoms with Crippen LogP contribution in [0.3, 0.4) is 0 Å². The van der Waals surface area contributed by atoms with Crippen molar-refractivity contribution in [2.75, 3.05) is 11.6 Å². The van der Waals surface area contributed by atoms with Crippen LogP contribution >= 0.6 is 23.1 Å². The number of thiophene rings is 1. The summed E-state index contributed by atoms with van der Waals surface area (Å²) in [6.45, 7) is 0. The van der Waals surface area contributed by atoms with Crippen LogP contribution in [0.2, 0.25) is 0 Å². The van der Waals surface area contributed by atoms with E-state index in [1.165, 1.54) is 16.2 Å². The maximum atomic E-state index is 14.3. The summed E-state index contributed by atoms with van der Waals surface area (Å²) in [6.07, 6.45) is 1.97. The molecule has 2 heterocycles. The Balaban J connectivity index is 1.67. The fraction of sp³-hybridized carbons (Fsp3) is 0.167. The second-order valence-electron chi connectivity index (χ2n) is 9.00. The second-order valence-corrected chi connectivity index (χ2v) is 10.9. The highest BCUT2D eigenvalue weighted by atomic mass is 32.2. The maximum absolute atomic E-state index is 14.3. The van der Waals surface area contributed by atoms with Gasteiger partial charge in [-0.15, -0.1) is 23.1 Å². The third kappa shape index (κ3) is 4.97. The molecule has 38 heavy (non-hydrogen) atoms. The number of aliphatic carboxylic acids is 1. The van der Waals surface area contributed by atoms with Gasteiger partial charge in [0.1, 0.15) is 6.04 Å². The molecule has 3 aromatic carbocycles. The van der Waals surface area contributed by atoms with Gasteiger partial charge in [-0.05, 0) is 47.5 Å². The number of ketones is 1. The monoisotopic (exact) mass is 542 g/mol. The summed E-state index contributed by atoms with van der Waals surface area (Å²) in [6, 6.07) is 26.6. The zero-order valence-electron chi connectivity index (χ0n) is 20.6. The van der Waals surface area contributed by atoms with Crippen LogP contribution in [0, 0.1) is 5.92 Å². The molecule has 0 saturated carbocycles. The van der Waals surface area contributed by atoms with Crippen molar-refractivity contribution in [3.8, 4) is 0 Å². The van der Waals surface area contributed by atoms with Crippen LogP contribution < -0.4 is 5.32 Å². The van der Waals surface area contributed by atoms with Crippen LogP contribution in [-0.2, 0) is 4.79 Å². The molecule has 0 spiro atoms. The molecule has 1 aliphatic heterocycles. The normalized spacial score (nSPS) is 20.7. The van der Waals surface area contributed by atoms with Crippen molar-refractivity contribution in [3.63, 3.8) is 0 Å². The van der Waals surface area contributed by atoms with Gasteiger partial charge in [0.2, 0.25) is 0 Å². The lowest BCUT2D eigenvalue weighted by Crippen LogP contribution is -2.45. The first-order valence-electron chi connectivity index (χ1n) is 12.1. The molecule has 2 N–H and O–H groups in total. The summed E-state index contributed by atoms with van der Waals surface area (Å²) in [7, 11) is 0. The zero-order chi connectivity index (χ0) is 26.6. The third-order valence-electron chi connectivity index (χ3n) is 6.88. The van der Waals surface area contributed by atoms with E-state index >= 15 is 0 Å². The third-order valence-corrected chi connectivity index (χ3v) is 8.56. The highest BCUT2D eigenvalue weighted by Gasteiger charge is 2.58. The molecule has 0 bridgehead atoms. The molecule has 5 rings (SSSR count). The molecule has 1 aromatic heterocycles. The number of nitrogens with one attached hydrogen (secondary N) is 1. The Morgan fingerprint density at radius 3 is 2.11 bits per heavy atom. The van der Waals surface area contributed by atoms with Crippen LogP contribution in [0.5, 0.6) is 0 Å². The number of carbonyl (C=O) groups excluding carboxylic acids is 2. The van der Waals surface area contributed by atoms with E-state index in [4.69, 9.17) is 0 Å². The van der Waals surface area contributed by atoms with Crippen molar-refractivity contribution < 1.29 is 19.5 Å². The number of likely N-dealkylation sites (tertiary alicyclic amines) is 1. The number of carbonyl (C=O) groups is 3. The van der Waals surface area contributed by atoms with Crippen molar-refractivity contribution in [3.05, 3.63) is 118 Å². The largest absolute Gasteiger partial charge is 0.480 e. The molecule has 1 fully saturated rings. The number of benzene rings is 3. The Kier molecular flexibility index (Phi) is 7.62. The number of carboxylic acids is 1. The fourth-order valence-corrected chi connectivity index (χ4v) is 6.52. The van der Waals surface area contributed by atoms with E-state index < -0.39 is 35.9 Å². The quantitative estimate of drug-likeness (QED) is 0.198. The number of hydrogen-bond donors (Lipinski definition) is 2. The van der Waals surface area contributed by atoms with Crippen molar-refractivity contribution in [2.45, 2.75) is 22.9 Å². The van der Waals surface area contributed by atoms with E-state index in [-0.39, 0.29) is 5.78 Å². The number of rotatable bonds is 7. The number of carboxylic acid groups (broad SMARTS) is 1. The van der Waals surface area contributed by atoms with Gasteiger partial charge in [-0.1, -0.05) is 66.7 Å². The van der Waals surface area contributed by atoms with E-state index in [0.717, 1.165) is 9.77 Å². The predicted octanol–water partition coefficient (Wildman–Crippen LogP) is 6.79. The highest BCUT2D eigenvalue weighted by Crippen LogP contribution is 2.52. The Morgan fingerprint density at radius 1 is 0.868 bits per heavy atom. The molecule has 4 unspecified atom stereocenters. The maximum Gasteiger partial charge on any atom is 0.327 e. The molecule has 0 aliphatic carbocycles. The lowest BCUT2D eigenvalue weighted by Gasteiger charge is -2.29. The van der Waals surface area contributed by atoms with Crippen molar-refractivity contribution >= 4 is 46.6 Å². The van der Waals surface area contributed by atoms with Gasteiger partial charge in [-0.3, -0.25) is 4.79 Å². The molecule has 192 valence electrons. The van der Waals surface area contributed by atoms with Crippen molar-refractivity contribution in [2.24, 2.45) is 5.92 Å². The van der Waals surface area contributed by atoms with Crippen LogP contribution in [0.25, 0.3) is 0 Å². The average molecular weight is 543 g/mol. The van der Waals surface area contributed by atoms with Gasteiger partial charge < -0.3 is 15.3 Å². The van der Waals surface area contributed by atoms with E-state index in [2.05, 4.69) is 5.32 Å². The first-order chi connectivity index (χ1) is 18.5. The van der Waals surface area contributed by atoms with Crippen LogP contribution in [0.4, 0.5) is 10.5 Å². The summed E-state index contributed by atoms with van der Waals surface area (Å²) in [5, 5.41) is 15.3. The Morgan fingerprint density at radius 2 is 1.53 bits per heavy atom. The highest BCUT2D eigenvalue weighted by molar-refractivity contribution is 7.98. The van der Waals surface area contributed by atoms with Gasteiger partial charge in [0, 0.05) is 26.9 Å². The summed E-state index contributed by atoms with van der Waals surface area (Å²) in [5.41, 5.74) is 1.74. The lowest BCUT2D eigenvalue weighted by atomic mass is 9.77. The summed E-state index contributed by atoms with van der Waals surface area (Å²) >= 11 is 2.99. The summed E-state index contributed by atoms with van der Waals surface area (Å²) in [5.74, 6) is -2.91. The standard InChI is InChI=1S/C30H26N2O4S2/c1-37-22-16-14-20(15-17-22)28(33)25-24(19-9-4-2-5-10-19)27(29(34)35)32(26(25)23-13-8-18-38-23)30(36)31-21-11-6-3-7-12-21/h2-18,24-27H,1H3,(H,31,36)(H,34,35). The van der Waals surface area contributed by atoms with Gasteiger partial charge in [0.05, 0.1) is 12.0 Å². The Hall–Kier alpha value is -3.88. The second kappa shape index (κ2) is 11.2. The average Bonchev–Trinajstić information content (AvgIpc) is 3.60. The number of thioether (sulfide) groups is 1. The van der Waals surface area contributed by atoms with Gasteiger partial charge in [-0.2, -0.15) is 0 Å². The Labute approximate surface area is 229 Å². The lowest BCUT2D eigenvalue weighted by molar-refractivity contribution is -0.142. The minimum atomic E-state index is -1.26. The van der Waals surface area contributed by atoms with Crippen LogP contribution in [-0.4, -0.2) is 40.1 Å². The van der Waals surface area contributed by atoms with Gasteiger partial charge in [0.25, 0.3) is 0 Å². The Bertz CT molecular complexity index is 1410. The molecule has 4 atom stereocenters. The van der Waals surface area contributed by atoms with E-state index in [1.807, 2.05) is 72.3 Å². The summed E-state index contributed by atoms with van der Waals surface area (Å²) in [4.78, 5) is 44.2. The van der Waals surface area contributed by atoms with Crippen molar-refractivity contribution in [1.29, 1.82) is 0 Å². The molecule has 0 radical (unpaired) electrons. The summed E-state index contributed by atoms with van der Waals surface area (Å²) < 4.78 is 0. The minimum Gasteiger partial charge on any atom is -0.480 e. The number of hydrogen-bond acceptors (Lipinski definition) is 5. The molecule has 1 saturated heterocycles. The van der Waals surface area contributed by atoms with Crippen LogP contribution in [0.15, 0.2) is 107 Å². The molecule has 2 amide bonds. The van der Waals surface area contributed by atoms with E-state index in [9.17, 15) is 19.5 Å². The molecular weight excluding hydrogens is 516 g/mol. The van der Waals surface area contributed by atoms with E-state index in [0.29, 0.717) is 16.8 Å². The van der Waals surface area contributed by atoms with Crippen molar-refractivity contribution in [1.82, 2.24) is 4.90 Å². The first-order valence-corrected chi connectivity index (χ1v) is 14.2. The number of Topliss-reactive ketones (excluding diaryl/α,β-unsaturated/α-hetero) is 1. The molecule has 4 aromatic rings. The number of amides is 2. The molecule has 8 heteroatoms. The van der Waals surface area contributed by atoms with Gasteiger partial charge in [0.15, 0.2) is 5.78 Å². The van der Waals surface area contributed by atoms with Gasteiger partial charge in [-0.25, -0.2) is 9.59 Å². The first kappa shape index (κ1) is 25.8. The number of nitrogens with zero attached hydrogens (tertiary/aromatic N) is 1. The zero-order valence-corrected chi connectivity index (χ0v) is 22.2. The minimum absolute atomic E-state index is 0.189. The number of para-hydroxylation sites is 1. The topological polar surface area (TPSA) is 86.7 Å². The van der Waals surface area contributed by atoms with E-state index in [1.54, 1.807) is 48.2 Å². The smallest absolute Gasteiger partial charge is 0.327 e. The fourth-order valence-electron chi connectivity index (χ4n) is 5.24. The number of urea groups is 1. The number of anilines is 1. The molecular formula is C30H26N2O4S2. The van der Waals surface area contributed by atoms with Crippen LogP contribution in [0.1, 0.15) is 32.8 Å². The molecule has 1 aliphatic rings. The molecule has 6 nitrogen and oxygen atoms in total. The van der Waals surface area contributed by atoms with Gasteiger partial charge >= 0.3 is 12.0 Å². The predicted molar refractivity (Wildman–Crippen MR) is 151 cm³/mol. The SMILES string of the molecule is CSc1ccc(C(=O)C2C(c3ccccc3)C(C(=O)O)N(C(=O)Nc3ccccc3)C2c2cccs2)cc1.